The molecule has 3 rings (SSSR count). The molecule has 0 saturated heterocycles. The van der Waals surface area contributed by atoms with E-state index in [0.29, 0.717) is 39.7 Å². The van der Waals surface area contributed by atoms with Crippen LogP contribution in [0.5, 0.6) is 28.7 Å². The van der Waals surface area contributed by atoms with Crippen LogP contribution in [0.25, 0.3) is 11.6 Å². The number of carbonyl (C=O) groups excluding carboxylic acids is 1. The lowest BCUT2D eigenvalue weighted by atomic mass is 10.0. The Morgan fingerprint density at radius 1 is 0.788 bits per heavy atom. The molecule has 0 amide bonds. The van der Waals surface area contributed by atoms with Crippen LogP contribution >= 0.6 is 0 Å². The maximum atomic E-state index is 12.7. The number of para-hydroxylation sites is 1. The van der Waals surface area contributed by atoms with Crippen LogP contribution in [0, 0.1) is 11.3 Å². The van der Waals surface area contributed by atoms with Gasteiger partial charge in [-0.2, -0.15) is 5.26 Å². The first kappa shape index (κ1) is 23.2. The largest absolute Gasteiger partial charge is 0.497 e. The lowest BCUT2D eigenvalue weighted by molar-refractivity contribution is 0.0729. The molecule has 0 aliphatic heterocycles. The van der Waals surface area contributed by atoms with Gasteiger partial charge in [0.2, 0.25) is 0 Å². The number of nitrogens with zero attached hydrogens (tertiary/aromatic N) is 1. The van der Waals surface area contributed by atoms with Crippen LogP contribution in [0.1, 0.15) is 21.5 Å². The summed E-state index contributed by atoms with van der Waals surface area (Å²) in [6.07, 6.45) is 1.71. The summed E-state index contributed by atoms with van der Waals surface area (Å²) in [6.45, 7) is 0. The molecule has 0 radical (unpaired) electrons. The number of hydrogen-bond donors (Lipinski definition) is 0. The summed E-state index contributed by atoms with van der Waals surface area (Å²) in [6, 6.07) is 19.3. The van der Waals surface area contributed by atoms with E-state index in [4.69, 9.17) is 23.7 Å². The molecular weight excluding hydrogens is 422 g/mol. The molecule has 168 valence electrons. The van der Waals surface area contributed by atoms with E-state index >= 15 is 0 Å². The van der Waals surface area contributed by atoms with Crippen molar-refractivity contribution in [1.82, 2.24) is 0 Å². The number of benzene rings is 3. The molecule has 0 aliphatic carbocycles. The van der Waals surface area contributed by atoms with Gasteiger partial charge < -0.3 is 23.7 Å². The molecule has 7 heteroatoms. The van der Waals surface area contributed by atoms with Gasteiger partial charge in [-0.25, -0.2) is 4.79 Å². The molecule has 3 aromatic carbocycles. The van der Waals surface area contributed by atoms with Gasteiger partial charge in [-0.15, -0.1) is 0 Å². The highest BCUT2D eigenvalue weighted by molar-refractivity contribution is 5.93. The van der Waals surface area contributed by atoms with Crippen LogP contribution in [-0.4, -0.2) is 34.4 Å². The summed E-state index contributed by atoms with van der Waals surface area (Å²) in [5.41, 5.74) is 2.05. The second kappa shape index (κ2) is 10.7. The van der Waals surface area contributed by atoms with Gasteiger partial charge in [0.1, 0.15) is 17.2 Å². The SMILES string of the molecule is COc1cc(OC)cc(C(=O)Oc2ccc(/C=C(/C#N)c3ccccc3OC)cc2OC)c1. The number of nitriles is 1. The zero-order valence-corrected chi connectivity index (χ0v) is 18.7. The van der Waals surface area contributed by atoms with Gasteiger partial charge in [0.25, 0.3) is 0 Å². The minimum absolute atomic E-state index is 0.234. The van der Waals surface area contributed by atoms with Crippen molar-refractivity contribution >= 4 is 17.6 Å². The molecule has 0 fully saturated rings. The number of esters is 1. The van der Waals surface area contributed by atoms with E-state index in [9.17, 15) is 10.1 Å². The Hall–Kier alpha value is -4.44. The highest BCUT2D eigenvalue weighted by Gasteiger charge is 2.16. The number of ether oxygens (including phenoxy) is 5. The Bertz CT molecular complexity index is 1200. The van der Waals surface area contributed by atoms with Crippen LogP contribution in [-0.2, 0) is 0 Å². The maximum Gasteiger partial charge on any atom is 0.343 e. The molecule has 0 aromatic heterocycles. The van der Waals surface area contributed by atoms with Gasteiger partial charge >= 0.3 is 5.97 Å². The van der Waals surface area contributed by atoms with E-state index in [1.807, 2.05) is 18.2 Å². The number of hydrogen-bond acceptors (Lipinski definition) is 7. The van der Waals surface area contributed by atoms with Crippen LogP contribution < -0.4 is 23.7 Å². The first-order chi connectivity index (χ1) is 16.0. The van der Waals surface area contributed by atoms with Crippen LogP contribution in [0.3, 0.4) is 0 Å². The number of rotatable bonds is 8. The van der Waals surface area contributed by atoms with E-state index in [1.165, 1.54) is 21.3 Å². The Balaban J connectivity index is 1.91. The molecule has 33 heavy (non-hydrogen) atoms. The molecule has 0 unspecified atom stereocenters. The Labute approximate surface area is 192 Å². The monoisotopic (exact) mass is 445 g/mol. The lowest BCUT2D eigenvalue weighted by Gasteiger charge is -2.12. The molecule has 0 bridgehead atoms. The number of methoxy groups -OCH3 is 4. The van der Waals surface area contributed by atoms with E-state index in [1.54, 1.807) is 55.7 Å². The van der Waals surface area contributed by atoms with Crippen molar-refractivity contribution < 1.29 is 28.5 Å². The minimum Gasteiger partial charge on any atom is -0.497 e. The summed E-state index contributed by atoms with van der Waals surface area (Å²) in [7, 11) is 6.03. The zero-order valence-electron chi connectivity index (χ0n) is 18.7. The summed E-state index contributed by atoms with van der Waals surface area (Å²) < 4.78 is 26.7. The quantitative estimate of drug-likeness (QED) is 0.209. The second-order valence-corrected chi connectivity index (χ2v) is 6.77. The van der Waals surface area contributed by atoms with Gasteiger partial charge in [-0.05, 0) is 48.0 Å². The van der Waals surface area contributed by atoms with E-state index in [-0.39, 0.29) is 11.3 Å². The fourth-order valence-electron chi connectivity index (χ4n) is 3.15. The molecule has 3 aromatic rings. The third kappa shape index (κ3) is 5.43. The fraction of sp³-hybridized carbons (Fsp3) is 0.154. The van der Waals surface area contributed by atoms with Crippen molar-refractivity contribution in [2.45, 2.75) is 0 Å². The predicted octanol–water partition coefficient (Wildman–Crippen LogP) is 5.00. The molecule has 0 N–H and O–H groups in total. The summed E-state index contributed by atoms with van der Waals surface area (Å²) in [5, 5.41) is 9.68. The van der Waals surface area contributed by atoms with Crippen molar-refractivity contribution in [3.8, 4) is 34.8 Å². The van der Waals surface area contributed by atoms with Gasteiger partial charge in [-0.3, -0.25) is 0 Å². The van der Waals surface area contributed by atoms with Crippen LogP contribution in [0.2, 0.25) is 0 Å². The van der Waals surface area contributed by atoms with Crippen molar-refractivity contribution in [3.05, 3.63) is 77.4 Å². The predicted molar refractivity (Wildman–Crippen MR) is 124 cm³/mol. The molecule has 0 heterocycles. The Kier molecular flexibility index (Phi) is 7.55. The summed E-state index contributed by atoms with van der Waals surface area (Å²) in [5.74, 6) is 1.50. The molecular formula is C26H23NO6. The number of carbonyl (C=O) groups is 1. The highest BCUT2D eigenvalue weighted by atomic mass is 16.6. The molecule has 0 saturated carbocycles. The van der Waals surface area contributed by atoms with Crippen LogP contribution in [0.4, 0.5) is 0 Å². The van der Waals surface area contributed by atoms with Crippen molar-refractivity contribution in [2.24, 2.45) is 0 Å². The first-order valence-electron chi connectivity index (χ1n) is 9.91. The standard InChI is InChI=1S/C26H23NO6/c1-29-20-13-18(14-21(15-20)30-2)26(28)33-24-10-9-17(12-25(24)32-4)11-19(16-27)22-7-5-6-8-23(22)31-3/h5-15H,1-4H3/b19-11-. The van der Waals surface area contributed by atoms with Gasteiger partial charge in [0.15, 0.2) is 11.5 Å². The fourth-order valence-corrected chi connectivity index (χ4v) is 3.15. The van der Waals surface area contributed by atoms with Gasteiger partial charge in [0, 0.05) is 11.6 Å². The second-order valence-electron chi connectivity index (χ2n) is 6.77. The minimum atomic E-state index is -0.597. The number of allylic oxidation sites excluding steroid dienone is 1. The van der Waals surface area contributed by atoms with Crippen LogP contribution in [0.15, 0.2) is 60.7 Å². The highest BCUT2D eigenvalue weighted by Crippen LogP contribution is 2.32. The van der Waals surface area contributed by atoms with Gasteiger partial charge in [-0.1, -0.05) is 18.2 Å². The van der Waals surface area contributed by atoms with E-state index in [0.717, 1.165) is 0 Å². The maximum absolute atomic E-state index is 12.7. The molecule has 0 spiro atoms. The normalized spacial score (nSPS) is 10.7. The van der Waals surface area contributed by atoms with Crippen molar-refractivity contribution in [3.63, 3.8) is 0 Å². The smallest absolute Gasteiger partial charge is 0.343 e. The average molecular weight is 445 g/mol. The third-order valence-corrected chi connectivity index (χ3v) is 4.81. The van der Waals surface area contributed by atoms with Gasteiger partial charge in [0.05, 0.1) is 45.6 Å². The lowest BCUT2D eigenvalue weighted by Crippen LogP contribution is -2.10. The zero-order chi connectivity index (χ0) is 23.8. The molecule has 0 aliphatic rings. The Morgan fingerprint density at radius 2 is 1.45 bits per heavy atom. The topological polar surface area (TPSA) is 87.0 Å². The van der Waals surface area contributed by atoms with E-state index < -0.39 is 5.97 Å². The summed E-state index contributed by atoms with van der Waals surface area (Å²) in [4.78, 5) is 12.7. The van der Waals surface area contributed by atoms with Crippen molar-refractivity contribution in [2.75, 3.05) is 28.4 Å². The third-order valence-electron chi connectivity index (χ3n) is 4.81. The summed E-state index contributed by atoms with van der Waals surface area (Å²) >= 11 is 0. The van der Waals surface area contributed by atoms with E-state index in [2.05, 4.69) is 6.07 Å². The molecule has 7 nitrogen and oxygen atoms in total. The Morgan fingerprint density at radius 3 is 2.06 bits per heavy atom. The first-order valence-corrected chi connectivity index (χ1v) is 9.91. The average Bonchev–Trinajstić information content (AvgIpc) is 2.87. The van der Waals surface area contributed by atoms with Crippen molar-refractivity contribution in [1.29, 1.82) is 5.26 Å². The molecule has 0 atom stereocenters.